The lowest BCUT2D eigenvalue weighted by Crippen LogP contribution is -2.35. The minimum absolute atomic E-state index is 0.00100. The number of rotatable bonds is 8. The van der Waals surface area contributed by atoms with Gasteiger partial charge in [-0.3, -0.25) is 10.1 Å². The average molecular weight is 470 g/mol. The van der Waals surface area contributed by atoms with Gasteiger partial charge in [0.25, 0.3) is 0 Å². The number of hydrogen-bond acceptors (Lipinski definition) is 10. The predicted molar refractivity (Wildman–Crippen MR) is 119 cm³/mol. The van der Waals surface area contributed by atoms with Crippen LogP contribution in [0.1, 0.15) is 30.3 Å². The second-order valence-corrected chi connectivity index (χ2v) is 7.91. The summed E-state index contributed by atoms with van der Waals surface area (Å²) < 4.78 is 33.0. The maximum Gasteiger partial charge on any atom is 0.235 e. The molecule has 0 amide bonds. The predicted octanol–water partition coefficient (Wildman–Crippen LogP) is 2.86. The van der Waals surface area contributed by atoms with Crippen molar-refractivity contribution in [2.45, 2.75) is 25.8 Å². The number of aryl methyl sites for hydroxylation is 1. The first-order chi connectivity index (χ1) is 16.4. The molecule has 34 heavy (non-hydrogen) atoms. The van der Waals surface area contributed by atoms with Gasteiger partial charge in [-0.1, -0.05) is 0 Å². The van der Waals surface area contributed by atoms with Gasteiger partial charge in [0, 0.05) is 43.9 Å². The molecule has 1 saturated heterocycles. The highest BCUT2D eigenvalue weighted by molar-refractivity contribution is 5.53. The van der Waals surface area contributed by atoms with Crippen molar-refractivity contribution in [2.24, 2.45) is 5.92 Å². The van der Waals surface area contributed by atoms with Crippen LogP contribution in [0.15, 0.2) is 18.3 Å². The Labute approximate surface area is 194 Å². The minimum Gasteiger partial charge on any atom is -0.382 e. The van der Waals surface area contributed by atoms with Crippen LogP contribution in [0.25, 0.3) is 0 Å². The van der Waals surface area contributed by atoms with E-state index in [4.69, 9.17) is 4.74 Å². The molecular formula is C21H24F2N10O. The zero-order valence-electron chi connectivity index (χ0n) is 18.7. The lowest BCUT2D eigenvalue weighted by molar-refractivity contribution is 0.183. The summed E-state index contributed by atoms with van der Waals surface area (Å²) in [6.45, 7) is 3.12. The van der Waals surface area contributed by atoms with Gasteiger partial charge >= 0.3 is 0 Å². The van der Waals surface area contributed by atoms with Crippen molar-refractivity contribution in [3.05, 3.63) is 41.4 Å². The number of pyridine rings is 1. The maximum atomic E-state index is 14.4. The SMILES string of the molecule is COC[C@H](Nc1nc(Nc2cc(C)[nH]n2)nc(N2CCC(C#N)CC2)n1)c1ncc(F)cc1F. The van der Waals surface area contributed by atoms with Crippen LogP contribution >= 0.6 is 0 Å². The van der Waals surface area contributed by atoms with E-state index in [2.05, 4.69) is 46.8 Å². The molecule has 3 aromatic heterocycles. The van der Waals surface area contributed by atoms with E-state index in [1.54, 1.807) is 6.07 Å². The quantitative estimate of drug-likeness (QED) is 0.450. The second-order valence-electron chi connectivity index (χ2n) is 7.91. The fourth-order valence-electron chi connectivity index (χ4n) is 3.62. The van der Waals surface area contributed by atoms with Gasteiger partial charge in [0.05, 0.1) is 24.9 Å². The van der Waals surface area contributed by atoms with Gasteiger partial charge < -0.3 is 20.3 Å². The van der Waals surface area contributed by atoms with Crippen molar-refractivity contribution in [2.75, 3.05) is 42.3 Å². The molecule has 1 aliphatic rings. The normalized spacial score (nSPS) is 15.1. The minimum atomic E-state index is -0.812. The number of nitriles is 1. The molecule has 4 heterocycles. The highest BCUT2D eigenvalue weighted by atomic mass is 19.1. The van der Waals surface area contributed by atoms with Gasteiger partial charge in [0.1, 0.15) is 17.3 Å². The summed E-state index contributed by atoms with van der Waals surface area (Å²) in [4.78, 5) is 19.3. The van der Waals surface area contributed by atoms with Gasteiger partial charge in [-0.25, -0.2) is 8.78 Å². The molecule has 3 N–H and O–H groups in total. The highest BCUT2D eigenvalue weighted by Gasteiger charge is 2.24. The molecule has 3 aromatic rings. The number of methoxy groups -OCH3 is 1. The first-order valence-electron chi connectivity index (χ1n) is 10.7. The number of halogens is 2. The zero-order chi connectivity index (χ0) is 24.1. The van der Waals surface area contributed by atoms with Gasteiger partial charge in [0.15, 0.2) is 5.82 Å². The third-order valence-corrected chi connectivity index (χ3v) is 5.33. The summed E-state index contributed by atoms with van der Waals surface area (Å²) in [6.07, 6.45) is 2.33. The summed E-state index contributed by atoms with van der Waals surface area (Å²) >= 11 is 0. The highest BCUT2D eigenvalue weighted by Crippen LogP contribution is 2.25. The lowest BCUT2D eigenvalue weighted by Gasteiger charge is -2.29. The van der Waals surface area contributed by atoms with Crippen molar-refractivity contribution < 1.29 is 13.5 Å². The number of anilines is 4. The number of hydrogen-bond donors (Lipinski definition) is 3. The number of aromatic nitrogens is 6. The molecule has 0 aliphatic carbocycles. The van der Waals surface area contributed by atoms with Crippen molar-refractivity contribution >= 4 is 23.7 Å². The molecular weight excluding hydrogens is 446 g/mol. The monoisotopic (exact) mass is 470 g/mol. The van der Waals surface area contributed by atoms with Crippen LogP contribution in [0.2, 0.25) is 0 Å². The van der Waals surface area contributed by atoms with E-state index in [0.29, 0.717) is 37.7 Å². The van der Waals surface area contributed by atoms with Gasteiger partial charge in [-0.15, -0.1) is 0 Å². The Hall–Kier alpha value is -3.92. The van der Waals surface area contributed by atoms with Crippen LogP contribution in [0.5, 0.6) is 0 Å². The van der Waals surface area contributed by atoms with E-state index >= 15 is 0 Å². The number of aromatic amines is 1. The maximum absolute atomic E-state index is 14.4. The zero-order valence-corrected chi connectivity index (χ0v) is 18.7. The Bertz CT molecular complexity index is 1170. The molecule has 0 spiro atoms. The smallest absolute Gasteiger partial charge is 0.235 e. The van der Waals surface area contributed by atoms with Crippen LogP contribution in [-0.4, -0.2) is 56.9 Å². The topological polar surface area (TPSA) is 141 Å². The lowest BCUT2D eigenvalue weighted by atomic mass is 9.99. The van der Waals surface area contributed by atoms with Crippen molar-refractivity contribution in [3.8, 4) is 6.07 Å². The van der Waals surface area contributed by atoms with Crippen molar-refractivity contribution in [1.82, 2.24) is 30.1 Å². The molecule has 1 atom stereocenters. The number of nitrogens with one attached hydrogen (secondary N) is 3. The van der Waals surface area contributed by atoms with E-state index in [9.17, 15) is 14.0 Å². The van der Waals surface area contributed by atoms with Crippen LogP contribution in [0.4, 0.5) is 32.4 Å². The molecule has 4 rings (SSSR count). The summed E-state index contributed by atoms with van der Waals surface area (Å²) in [5, 5.41) is 22.2. The Morgan fingerprint density at radius 3 is 2.65 bits per heavy atom. The third-order valence-electron chi connectivity index (χ3n) is 5.33. The van der Waals surface area contributed by atoms with Crippen molar-refractivity contribution in [3.63, 3.8) is 0 Å². The molecule has 178 valence electrons. The van der Waals surface area contributed by atoms with E-state index < -0.39 is 17.7 Å². The average Bonchev–Trinajstić information content (AvgIpc) is 3.23. The Balaban J connectivity index is 1.65. The molecule has 13 heteroatoms. The Morgan fingerprint density at radius 2 is 2.00 bits per heavy atom. The Morgan fingerprint density at radius 1 is 1.24 bits per heavy atom. The molecule has 11 nitrogen and oxygen atoms in total. The summed E-state index contributed by atoms with van der Waals surface area (Å²) in [5.41, 5.74) is 0.823. The van der Waals surface area contributed by atoms with Crippen LogP contribution < -0.4 is 15.5 Å². The fraction of sp³-hybridized carbons (Fsp3) is 0.429. The summed E-state index contributed by atoms with van der Waals surface area (Å²) in [7, 11) is 1.46. The number of ether oxygens (including phenoxy) is 1. The number of nitrogens with zero attached hydrogens (tertiary/aromatic N) is 7. The first kappa shape index (κ1) is 23.2. The number of piperidine rings is 1. The molecule has 1 fully saturated rings. The van der Waals surface area contributed by atoms with E-state index in [1.165, 1.54) is 7.11 Å². The molecule has 0 unspecified atom stereocenters. The second kappa shape index (κ2) is 10.3. The standard InChI is InChI=1S/C21H24F2N10O/c1-12-7-17(32-31-12)27-20-28-19(29-21(30-20)33-5-3-13(9-24)4-6-33)26-16(11-34-2)18-15(23)8-14(22)10-25-18/h7-8,10,13,16H,3-6,11H2,1-2H3,(H3,26,27,28,29,30,31,32)/t16-/m0/s1. The summed E-state index contributed by atoms with van der Waals surface area (Å²) in [6, 6.07) is 4.07. The van der Waals surface area contributed by atoms with Crippen LogP contribution in [0.3, 0.4) is 0 Å². The van der Waals surface area contributed by atoms with Gasteiger partial charge in [0.2, 0.25) is 17.8 Å². The van der Waals surface area contributed by atoms with E-state index in [0.717, 1.165) is 18.0 Å². The van der Waals surface area contributed by atoms with Crippen molar-refractivity contribution in [1.29, 1.82) is 5.26 Å². The molecule has 1 aliphatic heterocycles. The summed E-state index contributed by atoms with van der Waals surface area (Å²) in [5.74, 6) is -0.302. The molecule has 0 aromatic carbocycles. The van der Waals surface area contributed by atoms with Gasteiger partial charge in [-0.2, -0.15) is 25.3 Å². The van der Waals surface area contributed by atoms with Crippen LogP contribution in [-0.2, 0) is 4.74 Å². The fourth-order valence-corrected chi connectivity index (χ4v) is 3.62. The molecule has 0 bridgehead atoms. The Kier molecular flexibility index (Phi) is 7.07. The molecule has 0 saturated carbocycles. The van der Waals surface area contributed by atoms with E-state index in [1.807, 2.05) is 11.8 Å². The largest absolute Gasteiger partial charge is 0.382 e. The first-order valence-corrected chi connectivity index (χ1v) is 10.7. The van der Waals surface area contributed by atoms with E-state index in [-0.39, 0.29) is 30.1 Å². The van der Waals surface area contributed by atoms with Gasteiger partial charge in [-0.05, 0) is 19.8 Å². The van der Waals surface area contributed by atoms with Crippen LogP contribution in [0, 0.1) is 35.8 Å². The molecule has 0 radical (unpaired) electrons. The number of H-pyrrole nitrogens is 1. The third kappa shape index (κ3) is 5.52.